The van der Waals surface area contributed by atoms with Crippen LogP contribution in [0.15, 0.2) is 34.9 Å². The molecule has 2 aromatic rings. The first-order valence-corrected chi connectivity index (χ1v) is 8.63. The summed E-state index contributed by atoms with van der Waals surface area (Å²) in [4.78, 5) is 29.1. The van der Waals surface area contributed by atoms with Crippen molar-refractivity contribution in [1.29, 1.82) is 0 Å². The number of aliphatic hydroxyl groups is 1. The van der Waals surface area contributed by atoms with E-state index < -0.39 is 11.6 Å². The van der Waals surface area contributed by atoms with Gasteiger partial charge in [-0.2, -0.15) is 0 Å². The lowest BCUT2D eigenvalue weighted by Gasteiger charge is -2.35. The molecule has 1 saturated heterocycles. The molecule has 3 rings (SSSR count). The van der Waals surface area contributed by atoms with E-state index in [1.807, 2.05) is 31.2 Å². The van der Waals surface area contributed by atoms with Crippen LogP contribution >= 0.6 is 0 Å². The van der Waals surface area contributed by atoms with Crippen molar-refractivity contribution >= 4 is 11.9 Å². The molecule has 1 amide bonds. The number of aliphatic carboxylic acids is 1. The molecule has 1 fully saturated rings. The van der Waals surface area contributed by atoms with Crippen molar-refractivity contribution in [1.82, 2.24) is 9.88 Å². The third kappa shape index (κ3) is 3.94. The Morgan fingerprint density at radius 1 is 1.23 bits per heavy atom. The lowest BCUT2D eigenvalue weighted by molar-refractivity contribution is -0.165. The van der Waals surface area contributed by atoms with E-state index in [-0.39, 0.29) is 38.3 Å². The summed E-state index contributed by atoms with van der Waals surface area (Å²) in [6.07, 6.45) is 2.36. The van der Waals surface area contributed by atoms with Gasteiger partial charge in [0.2, 0.25) is 5.91 Å². The van der Waals surface area contributed by atoms with Gasteiger partial charge in [-0.25, -0.2) is 9.78 Å². The largest absolute Gasteiger partial charge is 0.479 e. The number of aryl methyl sites for hydroxylation is 2. The van der Waals surface area contributed by atoms with E-state index in [9.17, 15) is 14.7 Å². The SMILES string of the molecule is Cc1ccc(-c2cnc(CCC(=O)N3CCC(O)(C(=O)O)CC3)o2)cc1. The van der Waals surface area contributed by atoms with Gasteiger partial charge in [0.15, 0.2) is 17.3 Å². The summed E-state index contributed by atoms with van der Waals surface area (Å²) in [5.41, 5.74) is 0.377. The predicted octanol–water partition coefficient (Wildman–Crippen LogP) is 2.02. The van der Waals surface area contributed by atoms with Gasteiger partial charge < -0.3 is 19.5 Å². The van der Waals surface area contributed by atoms with Crippen LogP contribution < -0.4 is 0 Å². The lowest BCUT2D eigenvalue weighted by Crippen LogP contribution is -2.50. The number of oxazole rings is 1. The first kappa shape index (κ1) is 18.1. The monoisotopic (exact) mass is 358 g/mol. The Bertz CT molecular complexity index is 789. The average Bonchev–Trinajstić information content (AvgIpc) is 3.10. The second-order valence-corrected chi connectivity index (χ2v) is 6.70. The fourth-order valence-corrected chi connectivity index (χ4v) is 2.99. The molecule has 7 nitrogen and oxygen atoms in total. The van der Waals surface area contributed by atoms with E-state index in [1.165, 1.54) is 0 Å². The molecule has 0 radical (unpaired) electrons. The van der Waals surface area contributed by atoms with Crippen molar-refractivity contribution in [2.75, 3.05) is 13.1 Å². The maximum atomic E-state index is 12.3. The van der Waals surface area contributed by atoms with Gasteiger partial charge in [0.05, 0.1) is 6.20 Å². The number of aromatic nitrogens is 1. The highest BCUT2D eigenvalue weighted by Gasteiger charge is 2.40. The van der Waals surface area contributed by atoms with Crippen molar-refractivity contribution in [2.24, 2.45) is 0 Å². The zero-order valence-corrected chi connectivity index (χ0v) is 14.6. The van der Waals surface area contributed by atoms with Crippen molar-refractivity contribution in [3.05, 3.63) is 41.9 Å². The van der Waals surface area contributed by atoms with Gasteiger partial charge in [-0.1, -0.05) is 29.8 Å². The first-order valence-electron chi connectivity index (χ1n) is 8.63. The highest BCUT2D eigenvalue weighted by Crippen LogP contribution is 2.24. The fourth-order valence-electron chi connectivity index (χ4n) is 2.99. The van der Waals surface area contributed by atoms with Crippen LogP contribution in [-0.2, 0) is 16.0 Å². The second kappa shape index (κ2) is 7.29. The molecule has 7 heteroatoms. The minimum atomic E-state index is -1.72. The quantitative estimate of drug-likeness (QED) is 0.847. The van der Waals surface area contributed by atoms with Crippen LogP contribution in [0.25, 0.3) is 11.3 Å². The van der Waals surface area contributed by atoms with Crippen LogP contribution in [0.3, 0.4) is 0 Å². The second-order valence-electron chi connectivity index (χ2n) is 6.70. The topological polar surface area (TPSA) is 104 Å². The summed E-state index contributed by atoms with van der Waals surface area (Å²) in [5, 5.41) is 18.9. The Morgan fingerprint density at radius 2 is 1.88 bits per heavy atom. The number of rotatable bonds is 5. The summed E-state index contributed by atoms with van der Waals surface area (Å²) in [6, 6.07) is 7.91. The highest BCUT2D eigenvalue weighted by atomic mass is 16.4. The summed E-state index contributed by atoms with van der Waals surface area (Å²) in [5.74, 6) is -0.162. The van der Waals surface area contributed by atoms with Gasteiger partial charge in [0.1, 0.15) is 0 Å². The van der Waals surface area contributed by atoms with E-state index >= 15 is 0 Å². The van der Waals surface area contributed by atoms with Gasteiger partial charge in [-0.3, -0.25) is 4.79 Å². The number of piperidine rings is 1. The smallest absolute Gasteiger partial charge is 0.335 e. The maximum Gasteiger partial charge on any atom is 0.335 e. The zero-order valence-electron chi connectivity index (χ0n) is 14.6. The number of hydrogen-bond donors (Lipinski definition) is 2. The molecule has 1 aliphatic heterocycles. The lowest BCUT2D eigenvalue weighted by atomic mass is 9.91. The van der Waals surface area contributed by atoms with Crippen molar-refractivity contribution in [2.45, 2.75) is 38.2 Å². The molecular weight excluding hydrogens is 336 g/mol. The zero-order chi connectivity index (χ0) is 18.7. The Labute approximate surface area is 151 Å². The third-order valence-corrected chi connectivity index (χ3v) is 4.78. The molecule has 0 atom stereocenters. The Kier molecular flexibility index (Phi) is 5.08. The molecule has 2 N–H and O–H groups in total. The molecule has 138 valence electrons. The molecule has 0 spiro atoms. The van der Waals surface area contributed by atoms with E-state index in [0.717, 1.165) is 11.1 Å². The molecule has 2 heterocycles. The molecule has 26 heavy (non-hydrogen) atoms. The number of carbonyl (C=O) groups is 2. The van der Waals surface area contributed by atoms with E-state index in [1.54, 1.807) is 11.1 Å². The minimum Gasteiger partial charge on any atom is -0.479 e. The number of carboxylic acids is 1. The van der Waals surface area contributed by atoms with Gasteiger partial charge in [0.25, 0.3) is 0 Å². The number of carbonyl (C=O) groups excluding carboxylic acids is 1. The van der Waals surface area contributed by atoms with Crippen molar-refractivity contribution < 1.29 is 24.2 Å². The molecule has 1 aromatic carbocycles. The van der Waals surface area contributed by atoms with Gasteiger partial charge in [-0.15, -0.1) is 0 Å². The Hall–Kier alpha value is -2.67. The third-order valence-electron chi connectivity index (χ3n) is 4.78. The van der Waals surface area contributed by atoms with Crippen LogP contribution in [0.1, 0.15) is 30.7 Å². The van der Waals surface area contributed by atoms with Crippen LogP contribution in [-0.4, -0.2) is 50.7 Å². The Balaban J connectivity index is 1.53. The summed E-state index contributed by atoms with van der Waals surface area (Å²) >= 11 is 0. The summed E-state index contributed by atoms with van der Waals surface area (Å²) in [7, 11) is 0. The van der Waals surface area contributed by atoms with Crippen LogP contribution in [0.5, 0.6) is 0 Å². The first-order chi connectivity index (χ1) is 12.4. The Morgan fingerprint density at radius 3 is 2.50 bits per heavy atom. The molecule has 1 aliphatic rings. The van der Waals surface area contributed by atoms with Crippen LogP contribution in [0.4, 0.5) is 0 Å². The minimum absolute atomic E-state index is 0.0463. The number of benzene rings is 1. The summed E-state index contributed by atoms with van der Waals surface area (Å²) < 4.78 is 5.71. The fraction of sp³-hybridized carbons (Fsp3) is 0.421. The number of hydrogen-bond acceptors (Lipinski definition) is 5. The molecule has 1 aromatic heterocycles. The van der Waals surface area contributed by atoms with Gasteiger partial charge in [-0.05, 0) is 6.92 Å². The number of likely N-dealkylation sites (tertiary alicyclic amines) is 1. The van der Waals surface area contributed by atoms with Gasteiger partial charge >= 0.3 is 5.97 Å². The van der Waals surface area contributed by atoms with E-state index in [4.69, 9.17) is 9.52 Å². The summed E-state index contributed by atoms with van der Waals surface area (Å²) in [6.45, 7) is 2.49. The number of nitrogens with zero attached hydrogens (tertiary/aromatic N) is 2. The molecule has 0 saturated carbocycles. The molecule has 0 bridgehead atoms. The number of amides is 1. The standard InChI is InChI=1S/C19H22N2O5/c1-13-2-4-14(5-3-13)15-12-20-16(26-15)6-7-17(22)21-10-8-19(25,9-11-21)18(23)24/h2-5,12,25H,6-11H2,1H3,(H,23,24). The van der Waals surface area contributed by atoms with Crippen LogP contribution in [0.2, 0.25) is 0 Å². The maximum absolute atomic E-state index is 12.3. The normalized spacial score (nSPS) is 16.5. The average molecular weight is 358 g/mol. The number of carboxylic acid groups (broad SMARTS) is 1. The van der Waals surface area contributed by atoms with E-state index in [0.29, 0.717) is 18.1 Å². The van der Waals surface area contributed by atoms with Crippen LogP contribution in [0, 0.1) is 6.92 Å². The van der Waals surface area contributed by atoms with E-state index in [2.05, 4.69) is 4.98 Å². The predicted molar refractivity (Wildman–Crippen MR) is 93.4 cm³/mol. The molecular formula is C19H22N2O5. The van der Waals surface area contributed by atoms with Gasteiger partial charge in [0, 0.05) is 44.3 Å². The molecule has 0 aliphatic carbocycles. The molecule has 0 unspecified atom stereocenters. The van der Waals surface area contributed by atoms with Crippen molar-refractivity contribution in [3.63, 3.8) is 0 Å². The van der Waals surface area contributed by atoms with Crippen molar-refractivity contribution in [3.8, 4) is 11.3 Å². The highest BCUT2D eigenvalue weighted by molar-refractivity contribution is 5.79.